The first-order valence-corrected chi connectivity index (χ1v) is 10.0. The molecule has 1 unspecified atom stereocenters. The van der Waals surface area contributed by atoms with Crippen LogP contribution in [0.15, 0.2) is 52.9 Å². The van der Waals surface area contributed by atoms with Crippen molar-refractivity contribution < 1.29 is 13.6 Å². The lowest BCUT2D eigenvalue weighted by molar-refractivity contribution is 0.102. The molecule has 30 heavy (non-hydrogen) atoms. The first-order chi connectivity index (χ1) is 14.6. The summed E-state index contributed by atoms with van der Waals surface area (Å²) in [6.45, 7) is 5.96. The van der Waals surface area contributed by atoms with Crippen molar-refractivity contribution in [2.75, 3.05) is 23.7 Å². The molecule has 0 fully saturated rings. The maximum atomic E-state index is 13.7. The Balaban J connectivity index is 1.51. The SMILES string of the molecule is CCC(C)NCCCNc1nnc(-c2ccc(NC(=O)c3ccccc3F)cc2)o1. The van der Waals surface area contributed by atoms with Crippen LogP contribution in [0.5, 0.6) is 0 Å². The Kier molecular flexibility index (Phi) is 7.51. The van der Waals surface area contributed by atoms with E-state index in [-0.39, 0.29) is 5.56 Å². The summed E-state index contributed by atoms with van der Waals surface area (Å²) >= 11 is 0. The Bertz CT molecular complexity index is 958. The maximum absolute atomic E-state index is 13.7. The number of rotatable bonds is 10. The number of aromatic nitrogens is 2. The highest BCUT2D eigenvalue weighted by molar-refractivity contribution is 6.04. The molecule has 0 aliphatic heterocycles. The molecule has 0 aliphatic carbocycles. The highest BCUT2D eigenvalue weighted by Gasteiger charge is 2.12. The largest absolute Gasteiger partial charge is 0.403 e. The van der Waals surface area contributed by atoms with Gasteiger partial charge < -0.3 is 20.4 Å². The number of nitrogens with one attached hydrogen (secondary N) is 3. The number of nitrogens with zero attached hydrogens (tertiary/aromatic N) is 2. The van der Waals surface area contributed by atoms with Crippen molar-refractivity contribution in [1.82, 2.24) is 15.5 Å². The van der Waals surface area contributed by atoms with E-state index in [1.807, 2.05) is 0 Å². The Morgan fingerprint density at radius 2 is 1.87 bits per heavy atom. The summed E-state index contributed by atoms with van der Waals surface area (Å²) in [7, 11) is 0. The normalized spacial score (nSPS) is 11.8. The van der Waals surface area contributed by atoms with Crippen molar-refractivity contribution in [3.63, 3.8) is 0 Å². The van der Waals surface area contributed by atoms with E-state index in [0.29, 0.717) is 23.6 Å². The van der Waals surface area contributed by atoms with Crippen LogP contribution >= 0.6 is 0 Å². The first kappa shape index (κ1) is 21.4. The molecular formula is C22H26FN5O2. The number of carbonyl (C=O) groups excluding carboxylic acids is 1. The van der Waals surface area contributed by atoms with Crippen LogP contribution in [0.4, 0.5) is 16.1 Å². The zero-order valence-electron chi connectivity index (χ0n) is 17.1. The van der Waals surface area contributed by atoms with E-state index in [1.165, 1.54) is 18.2 Å². The van der Waals surface area contributed by atoms with Gasteiger partial charge in [0.25, 0.3) is 5.91 Å². The van der Waals surface area contributed by atoms with Crippen LogP contribution in [-0.4, -0.2) is 35.2 Å². The van der Waals surface area contributed by atoms with Gasteiger partial charge in [-0.25, -0.2) is 4.39 Å². The fraction of sp³-hybridized carbons (Fsp3) is 0.318. The lowest BCUT2D eigenvalue weighted by Crippen LogP contribution is -2.27. The molecule has 1 heterocycles. The molecule has 0 aliphatic rings. The molecule has 0 radical (unpaired) electrons. The van der Waals surface area contributed by atoms with Crippen LogP contribution < -0.4 is 16.0 Å². The van der Waals surface area contributed by atoms with Gasteiger partial charge in [0, 0.05) is 23.8 Å². The molecular weight excluding hydrogens is 385 g/mol. The standard InChI is InChI=1S/C22H26FN5O2/c1-3-15(2)24-13-6-14-25-22-28-27-21(30-22)16-9-11-17(12-10-16)26-20(29)18-7-4-5-8-19(18)23/h4-5,7-12,15,24H,3,6,13-14H2,1-2H3,(H,25,28)(H,26,29). The fourth-order valence-electron chi connectivity index (χ4n) is 2.73. The van der Waals surface area contributed by atoms with Gasteiger partial charge in [-0.1, -0.05) is 24.2 Å². The van der Waals surface area contributed by atoms with Crippen molar-refractivity contribution in [2.45, 2.75) is 32.7 Å². The molecule has 3 N–H and O–H groups in total. The fourth-order valence-corrected chi connectivity index (χ4v) is 2.73. The minimum Gasteiger partial charge on any atom is -0.403 e. The van der Waals surface area contributed by atoms with E-state index in [4.69, 9.17) is 4.42 Å². The second-order valence-electron chi connectivity index (χ2n) is 6.97. The number of carbonyl (C=O) groups is 1. The van der Waals surface area contributed by atoms with Crippen LogP contribution in [0, 0.1) is 5.82 Å². The minimum atomic E-state index is -0.562. The van der Waals surface area contributed by atoms with Crippen LogP contribution in [-0.2, 0) is 0 Å². The Morgan fingerprint density at radius 3 is 2.60 bits per heavy atom. The van der Waals surface area contributed by atoms with Crippen molar-refractivity contribution in [1.29, 1.82) is 0 Å². The summed E-state index contributed by atoms with van der Waals surface area (Å²) in [4.78, 5) is 12.2. The molecule has 158 valence electrons. The summed E-state index contributed by atoms with van der Waals surface area (Å²) in [5, 5.41) is 17.3. The molecule has 8 heteroatoms. The minimum absolute atomic E-state index is 0.00598. The Morgan fingerprint density at radius 1 is 1.10 bits per heavy atom. The monoisotopic (exact) mass is 411 g/mol. The summed E-state index contributed by atoms with van der Waals surface area (Å²) < 4.78 is 19.3. The average molecular weight is 411 g/mol. The number of anilines is 2. The smallest absolute Gasteiger partial charge is 0.315 e. The number of hydrogen-bond acceptors (Lipinski definition) is 6. The lowest BCUT2D eigenvalue weighted by Gasteiger charge is -2.10. The predicted molar refractivity (Wildman–Crippen MR) is 115 cm³/mol. The first-order valence-electron chi connectivity index (χ1n) is 10.0. The second kappa shape index (κ2) is 10.5. The van der Waals surface area contributed by atoms with E-state index in [9.17, 15) is 9.18 Å². The number of halogens is 1. The average Bonchev–Trinajstić information content (AvgIpc) is 3.23. The van der Waals surface area contributed by atoms with Crippen LogP contribution in [0.3, 0.4) is 0 Å². The van der Waals surface area contributed by atoms with Crippen molar-refractivity contribution in [2.24, 2.45) is 0 Å². The van der Waals surface area contributed by atoms with Gasteiger partial charge in [0.2, 0.25) is 5.89 Å². The van der Waals surface area contributed by atoms with Crippen LogP contribution in [0.1, 0.15) is 37.0 Å². The molecule has 0 bridgehead atoms. The molecule has 3 rings (SSSR count). The Labute approximate surface area is 175 Å². The molecule has 2 aromatic carbocycles. The van der Waals surface area contributed by atoms with Crippen LogP contribution in [0.25, 0.3) is 11.5 Å². The lowest BCUT2D eigenvalue weighted by atomic mass is 10.1. The third-order valence-corrected chi connectivity index (χ3v) is 4.67. The summed E-state index contributed by atoms with van der Waals surface area (Å²) in [6.07, 6.45) is 2.05. The molecule has 3 aromatic rings. The van der Waals surface area contributed by atoms with E-state index in [2.05, 4.69) is 40.0 Å². The molecule has 1 amide bonds. The van der Waals surface area contributed by atoms with E-state index >= 15 is 0 Å². The van der Waals surface area contributed by atoms with E-state index in [0.717, 1.165) is 31.5 Å². The van der Waals surface area contributed by atoms with Gasteiger partial charge in [0.1, 0.15) is 5.82 Å². The van der Waals surface area contributed by atoms with Crippen molar-refractivity contribution >= 4 is 17.6 Å². The summed E-state index contributed by atoms with van der Waals surface area (Å²) in [5.41, 5.74) is 1.25. The number of amides is 1. The highest BCUT2D eigenvalue weighted by atomic mass is 19.1. The van der Waals surface area contributed by atoms with Gasteiger partial charge >= 0.3 is 6.01 Å². The van der Waals surface area contributed by atoms with E-state index in [1.54, 1.807) is 30.3 Å². The predicted octanol–water partition coefficient (Wildman–Crippen LogP) is 4.32. The molecule has 0 saturated carbocycles. The summed E-state index contributed by atoms with van der Waals surface area (Å²) in [6, 6.07) is 13.6. The quantitative estimate of drug-likeness (QED) is 0.431. The number of hydrogen-bond donors (Lipinski definition) is 3. The van der Waals surface area contributed by atoms with Crippen LogP contribution in [0.2, 0.25) is 0 Å². The zero-order valence-corrected chi connectivity index (χ0v) is 17.1. The van der Waals surface area contributed by atoms with Gasteiger partial charge in [-0.3, -0.25) is 4.79 Å². The van der Waals surface area contributed by atoms with Gasteiger partial charge in [-0.15, -0.1) is 5.10 Å². The highest BCUT2D eigenvalue weighted by Crippen LogP contribution is 2.22. The van der Waals surface area contributed by atoms with Gasteiger partial charge in [-0.2, -0.15) is 0 Å². The zero-order chi connectivity index (χ0) is 21.3. The molecule has 0 saturated heterocycles. The second-order valence-corrected chi connectivity index (χ2v) is 6.97. The molecule has 0 spiro atoms. The molecule has 1 atom stereocenters. The number of benzene rings is 2. The Hall–Kier alpha value is -3.26. The van der Waals surface area contributed by atoms with Crippen molar-refractivity contribution in [3.8, 4) is 11.5 Å². The molecule has 7 nitrogen and oxygen atoms in total. The van der Waals surface area contributed by atoms with Gasteiger partial charge in [-0.05, 0) is 62.7 Å². The third-order valence-electron chi connectivity index (χ3n) is 4.67. The third kappa shape index (κ3) is 5.87. The van der Waals surface area contributed by atoms with Gasteiger partial charge in [0.15, 0.2) is 0 Å². The maximum Gasteiger partial charge on any atom is 0.315 e. The topological polar surface area (TPSA) is 92.1 Å². The van der Waals surface area contributed by atoms with E-state index < -0.39 is 11.7 Å². The molecule has 1 aromatic heterocycles. The summed E-state index contributed by atoms with van der Waals surface area (Å²) in [5.74, 6) is -0.691. The van der Waals surface area contributed by atoms with Crippen molar-refractivity contribution in [3.05, 3.63) is 59.9 Å². The van der Waals surface area contributed by atoms with Gasteiger partial charge in [0.05, 0.1) is 5.56 Å².